The third kappa shape index (κ3) is 7.40. The molecular formula is C22H32N4O3. The van der Waals surface area contributed by atoms with Crippen molar-refractivity contribution in [3.05, 3.63) is 30.1 Å². The van der Waals surface area contributed by atoms with Crippen LogP contribution in [-0.2, 0) is 14.4 Å². The molecule has 7 nitrogen and oxygen atoms in total. The molecule has 0 aromatic carbocycles. The van der Waals surface area contributed by atoms with Crippen molar-refractivity contribution < 1.29 is 14.4 Å². The highest BCUT2D eigenvalue weighted by molar-refractivity contribution is 6.38. The molecule has 7 heteroatoms. The lowest BCUT2D eigenvalue weighted by Gasteiger charge is -2.28. The Morgan fingerprint density at radius 1 is 1.14 bits per heavy atom. The van der Waals surface area contributed by atoms with E-state index in [0.29, 0.717) is 12.1 Å². The molecule has 0 spiro atoms. The van der Waals surface area contributed by atoms with Crippen LogP contribution < -0.4 is 10.7 Å². The highest BCUT2D eigenvalue weighted by Gasteiger charge is 2.33. The van der Waals surface area contributed by atoms with Gasteiger partial charge in [-0.2, -0.15) is 5.10 Å². The van der Waals surface area contributed by atoms with Crippen LogP contribution in [0.2, 0.25) is 0 Å². The second-order valence-electron chi connectivity index (χ2n) is 8.90. The standard InChI is InChI=1S/C22H32N4O3/c1-15(16-10-12-23-13-11-16)25-26-21(29)19(27)18(14-22(2,3)4)24-20(28)17-8-6-5-7-9-17/h10-13,17-18H,5-9,14H2,1-4H3,(H,24,28)(H,26,29). The fraction of sp³-hybridized carbons (Fsp3) is 0.591. The van der Waals surface area contributed by atoms with Crippen LogP contribution in [0.3, 0.4) is 0 Å². The maximum atomic E-state index is 12.8. The summed E-state index contributed by atoms with van der Waals surface area (Å²) in [5, 5.41) is 6.86. The molecule has 29 heavy (non-hydrogen) atoms. The minimum Gasteiger partial charge on any atom is -0.345 e. The Bertz CT molecular complexity index is 747. The van der Waals surface area contributed by atoms with Gasteiger partial charge >= 0.3 is 5.91 Å². The smallest absolute Gasteiger partial charge is 0.309 e. The van der Waals surface area contributed by atoms with Crippen LogP contribution in [0.4, 0.5) is 0 Å². The van der Waals surface area contributed by atoms with Gasteiger partial charge in [0.1, 0.15) is 0 Å². The van der Waals surface area contributed by atoms with Crippen LogP contribution in [0.1, 0.15) is 71.8 Å². The minimum atomic E-state index is -0.860. The lowest BCUT2D eigenvalue weighted by Crippen LogP contribution is -2.50. The van der Waals surface area contributed by atoms with Gasteiger partial charge in [0.15, 0.2) is 0 Å². The van der Waals surface area contributed by atoms with Crippen LogP contribution in [0.5, 0.6) is 0 Å². The van der Waals surface area contributed by atoms with E-state index in [1.807, 2.05) is 20.8 Å². The molecule has 1 aromatic heterocycles. The van der Waals surface area contributed by atoms with Gasteiger partial charge in [-0.25, -0.2) is 5.43 Å². The molecule has 0 aliphatic heterocycles. The Morgan fingerprint density at radius 3 is 2.34 bits per heavy atom. The molecule has 1 heterocycles. The average Bonchev–Trinajstić information content (AvgIpc) is 2.71. The number of nitrogens with one attached hydrogen (secondary N) is 2. The number of rotatable bonds is 7. The monoisotopic (exact) mass is 400 g/mol. The largest absolute Gasteiger partial charge is 0.345 e. The second kappa shape index (κ2) is 10.3. The van der Waals surface area contributed by atoms with E-state index in [4.69, 9.17) is 0 Å². The van der Waals surface area contributed by atoms with Crippen molar-refractivity contribution >= 4 is 23.3 Å². The van der Waals surface area contributed by atoms with Gasteiger partial charge in [0.25, 0.3) is 0 Å². The highest BCUT2D eigenvalue weighted by atomic mass is 16.2. The van der Waals surface area contributed by atoms with Crippen molar-refractivity contribution in [3.8, 4) is 0 Å². The number of amides is 2. The summed E-state index contributed by atoms with van der Waals surface area (Å²) < 4.78 is 0. The molecule has 2 rings (SSSR count). The molecule has 0 bridgehead atoms. The van der Waals surface area contributed by atoms with Gasteiger partial charge in [-0.15, -0.1) is 0 Å². The number of ketones is 1. The first kappa shape index (κ1) is 22.7. The summed E-state index contributed by atoms with van der Waals surface area (Å²) in [6.07, 6.45) is 8.51. The Hall–Kier alpha value is -2.57. The fourth-order valence-corrected chi connectivity index (χ4v) is 3.48. The summed E-state index contributed by atoms with van der Waals surface area (Å²) >= 11 is 0. The lowest BCUT2D eigenvalue weighted by molar-refractivity contribution is -0.141. The van der Waals surface area contributed by atoms with Crippen LogP contribution in [0.15, 0.2) is 29.6 Å². The zero-order valence-corrected chi connectivity index (χ0v) is 17.8. The lowest BCUT2D eigenvalue weighted by atomic mass is 9.85. The molecule has 1 aliphatic rings. The van der Waals surface area contributed by atoms with E-state index in [0.717, 1.165) is 37.7 Å². The normalized spacial score (nSPS) is 16.8. The summed E-state index contributed by atoms with van der Waals surface area (Å²) in [5.41, 5.74) is 3.46. The van der Waals surface area contributed by atoms with Gasteiger partial charge in [-0.05, 0) is 43.7 Å². The first-order chi connectivity index (χ1) is 13.7. The molecule has 1 unspecified atom stereocenters. The Labute approximate surface area is 172 Å². The SMILES string of the molecule is CC(=NNC(=O)C(=O)C(CC(C)(C)C)NC(=O)C1CCCCC1)c1ccncc1. The van der Waals surface area contributed by atoms with E-state index in [9.17, 15) is 14.4 Å². The maximum Gasteiger partial charge on any atom is 0.309 e. The molecule has 2 N–H and O–H groups in total. The molecule has 1 aromatic rings. The minimum absolute atomic E-state index is 0.0750. The van der Waals surface area contributed by atoms with Crippen molar-refractivity contribution in [2.24, 2.45) is 16.4 Å². The number of Topliss-reactive ketones (excluding diaryl/α,β-unsaturated/α-hetero) is 1. The predicted molar refractivity (Wildman–Crippen MR) is 112 cm³/mol. The van der Waals surface area contributed by atoms with E-state index >= 15 is 0 Å². The van der Waals surface area contributed by atoms with Crippen LogP contribution in [0, 0.1) is 11.3 Å². The summed E-state index contributed by atoms with van der Waals surface area (Å²) in [4.78, 5) is 41.8. The summed E-state index contributed by atoms with van der Waals surface area (Å²) in [6.45, 7) is 7.66. The van der Waals surface area contributed by atoms with Gasteiger partial charge in [-0.1, -0.05) is 40.0 Å². The molecule has 1 atom stereocenters. The fourth-order valence-electron chi connectivity index (χ4n) is 3.48. The number of hydrogen-bond donors (Lipinski definition) is 2. The Morgan fingerprint density at radius 2 is 1.76 bits per heavy atom. The molecule has 2 amide bonds. The third-order valence-electron chi connectivity index (χ3n) is 5.07. The van der Waals surface area contributed by atoms with Crippen LogP contribution in [0.25, 0.3) is 0 Å². The number of carbonyl (C=O) groups is 3. The zero-order chi connectivity index (χ0) is 21.4. The van der Waals surface area contributed by atoms with Crippen molar-refractivity contribution in [1.82, 2.24) is 15.7 Å². The highest BCUT2D eigenvalue weighted by Crippen LogP contribution is 2.25. The number of carbonyl (C=O) groups excluding carboxylic acids is 3. The molecule has 0 radical (unpaired) electrons. The summed E-state index contributed by atoms with van der Waals surface area (Å²) in [5.74, 6) is -1.70. The van der Waals surface area contributed by atoms with Gasteiger partial charge in [0.2, 0.25) is 11.7 Å². The van der Waals surface area contributed by atoms with Gasteiger partial charge in [0, 0.05) is 23.9 Å². The molecule has 158 valence electrons. The topological polar surface area (TPSA) is 101 Å². The van der Waals surface area contributed by atoms with Crippen LogP contribution >= 0.6 is 0 Å². The van der Waals surface area contributed by atoms with Crippen molar-refractivity contribution in [1.29, 1.82) is 0 Å². The molecule has 1 fully saturated rings. The van der Waals surface area contributed by atoms with E-state index in [-0.39, 0.29) is 17.2 Å². The third-order valence-corrected chi connectivity index (χ3v) is 5.07. The average molecular weight is 401 g/mol. The van der Waals surface area contributed by atoms with Gasteiger partial charge in [-0.3, -0.25) is 19.4 Å². The van der Waals surface area contributed by atoms with Crippen molar-refractivity contribution in [2.75, 3.05) is 0 Å². The molecule has 1 saturated carbocycles. The molecule has 0 saturated heterocycles. The molecular weight excluding hydrogens is 368 g/mol. The molecule has 1 aliphatic carbocycles. The first-order valence-electron chi connectivity index (χ1n) is 10.3. The van der Waals surface area contributed by atoms with Crippen molar-refractivity contribution in [3.63, 3.8) is 0 Å². The van der Waals surface area contributed by atoms with Crippen molar-refractivity contribution in [2.45, 2.75) is 72.3 Å². The van der Waals surface area contributed by atoms with E-state index in [1.165, 1.54) is 0 Å². The zero-order valence-electron chi connectivity index (χ0n) is 17.8. The number of hydrazone groups is 1. The number of hydrogen-bond acceptors (Lipinski definition) is 5. The van der Waals surface area contributed by atoms with E-state index in [2.05, 4.69) is 20.8 Å². The second-order valence-corrected chi connectivity index (χ2v) is 8.90. The summed E-state index contributed by atoms with van der Waals surface area (Å²) in [6, 6.07) is 2.67. The summed E-state index contributed by atoms with van der Waals surface area (Å²) in [7, 11) is 0. The van der Waals surface area contributed by atoms with E-state index < -0.39 is 17.7 Å². The first-order valence-corrected chi connectivity index (χ1v) is 10.3. The van der Waals surface area contributed by atoms with Gasteiger partial charge in [0.05, 0.1) is 11.8 Å². The number of aromatic nitrogens is 1. The van der Waals surface area contributed by atoms with E-state index in [1.54, 1.807) is 31.5 Å². The Kier molecular flexibility index (Phi) is 8.05. The Balaban J connectivity index is 2.05. The number of pyridine rings is 1. The van der Waals surface area contributed by atoms with Crippen LogP contribution in [-0.4, -0.2) is 34.3 Å². The van der Waals surface area contributed by atoms with Gasteiger partial charge < -0.3 is 5.32 Å². The maximum absolute atomic E-state index is 12.8. The quantitative estimate of drug-likeness (QED) is 0.417. The number of nitrogens with zero attached hydrogens (tertiary/aromatic N) is 2. The predicted octanol–water partition coefficient (Wildman–Crippen LogP) is 2.99.